The van der Waals surface area contributed by atoms with Crippen molar-refractivity contribution >= 4 is 19.6 Å². The molecule has 0 bridgehead atoms. The highest BCUT2D eigenvalue weighted by Gasteiger charge is 2.27. The zero-order chi connectivity index (χ0) is 13.8. The Hall–Kier alpha value is -1.48. The second kappa shape index (κ2) is 5.91. The summed E-state index contributed by atoms with van der Waals surface area (Å²) in [4.78, 5) is 24.1. The van der Waals surface area contributed by atoms with E-state index in [0.717, 1.165) is 0 Å². The highest BCUT2D eigenvalue weighted by atomic mass is 28.3. The topological polar surface area (TPSA) is 34.1 Å². The van der Waals surface area contributed by atoms with Crippen LogP contribution >= 0.6 is 0 Å². The number of carbonyl (C=O) groups excluding carboxylic acids is 2. The average molecular weight is 260 g/mol. The Morgan fingerprint density at radius 1 is 1.11 bits per heavy atom. The SMILES string of the molecule is CCC(=O)/C=C(/C(=O)c1ccccc1)[Si](C)(C)C. The first kappa shape index (κ1) is 14.6. The van der Waals surface area contributed by atoms with Crippen molar-refractivity contribution in [1.82, 2.24) is 0 Å². The van der Waals surface area contributed by atoms with E-state index in [2.05, 4.69) is 19.6 Å². The number of hydrogen-bond acceptors (Lipinski definition) is 2. The number of allylic oxidation sites excluding steroid dienone is 2. The van der Waals surface area contributed by atoms with Crippen molar-refractivity contribution in [2.75, 3.05) is 0 Å². The van der Waals surface area contributed by atoms with Gasteiger partial charge >= 0.3 is 0 Å². The van der Waals surface area contributed by atoms with Crippen molar-refractivity contribution in [2.45, 2.75) is 33.0 Å². The van der Waals surface area contributed by atoms with Crippen LogP contribution in [0.2, 0.25) is 19.6 Å². The third-order valence-electron chi connectivity index (χ3n) is 2.74. The largest absolute Gasteiger partial charge is 0.295 e. The van der Waals surface area contributed by atoms with Gasteiger partial charge in [-0.15, -0.1) is 0 Å². The second-order valence-corrected chi connectivity index (χ2v) is 10.4. The van der Waals surface area contributed by atoms with E-state index in [1.165, 1.54) is 0 Å². The fraction of sp³-hybridized carbons (Fsp3) is 0.333. The van der Waals surface area contributed by atoms with Gasteiger partial charge in [0.05, 0.1) is 8.07 Å². The minimum absolute atomic E-state index is 0.00318. The Morgan fingerprint density at radius 3 is 2.11 bits per heavy atom. The number of rotatable bonds is 5. The molecule has 3 heteroatoms. The van der Waals surface area contributed by atoms with E-state index in [4.69, 9.17) is 0 Å². The van der Waals surface area contributed by atoms with Gasteiger partial charge in [0.15, 0.2) is 11.6 Å². The molecule has 0 aliphatic rings. The molecule has 1 rings (SSSR count). The van der Waals surface area contributed by atoms with Crippen LogP contribution in [0, 0.1) is 0 Å². The van der Waals surface area contributed by atoms with Crippen molar-refractivity contribution in [2.24, 2.45) is 0 Å². The first-order chi connectivity index (χ1) is 8.36. The van der Waals surface area contributed by atoms with Gasteiger partial charge in [0.2, 0.25) is 0 Å². The van der Waals surface area contributed by atoms with Gasteiger partial charge in [-0.05, 0) is 11.3 Å². The number of hydrogen-bond donors (Lipinski definition) is 0. The van der Waals surface area contributed by atoms with Gasteiger partial charge in [-0.3, -0.25) is 9.59 Å². The molecule has 0 radical (unpaired) electrons. The molecule has 0 saturated heterocycles. The fourth-order valence-corrected chi connectivity index (χ4v) is 3.05. The van der Waals surface area contributed by atoms with Crippen LogP contribution in [0.5, 0.6) is 0 Å². The molecule has 2 nitrogen and oxygen atoms in total. The summed E-state index contributed by atoms with van der Waals surface area (Å²) >= 11 is 0. The van der Waals surface area contributed by atoms with E-state index < -0.39 is 8.07 Å². The zero-order valence-corrected chi connectivity index (χ0v) is 12.5. The lowest BCUT2D eigenvalue weighted by molar-refractivity contribution is -0.114. The van der Waals surface area contributed by atoms with Crippen molar-refractivity contribution < 1.29 is 9.59 Å². The Kier molecular flexibility index (Phi) is 4.79. The molecule has 0 spiro atoms. The Balaban J connectivity index is 3.18. The van der Waals surface area contributed by atoms with Gasteiger partial charge in [-0.1, -0.05) is 56.9 Å². The molecule has 0 N–H and O–H groups in total. The van der Waals surface area contributed by atoms with Gasteiger partial charge in [-0.2, -0.15) is 0 Å². The van der Waals surface area contributed by atoms with Crippen LogP contribution in [0.15, 0.2) is 41.6 Å². The molecule has 0 aromatic heterocycles. The predicted octanol–water partition coefficient (Wildman–Crippen LogP) is 3.65. The van der Waals surface area contributed by atoms with E-state index >= 15 is 0 Å². The number of Topliss-reactive ketones (excluding diaryl/α,β-unsaturated/α-hetero) is 1. The molecular weight excluding hydrogens is 240 g/mol. The minimum atomic E-state index is -1.82. The summed E-state index contributed by atoms with van der Waals surface area (Å²) in [5.41, 5.74) is 0.662. The summed E-state index contributed by atoms with van der Waals surface area (Å²) in [6.07, 6.45) is 2.00. The molecule has 0 saturated carbocycles. The Labute approximate surface area is 110 Å². The molecule has 0 amide bonds. The normalized spacial score (nSPS) is 12.3. The molecule has 0 aliphatic heterocycles. The number of ketones is 2. The van der Waals surface area contributed by atoms with E-state index in [-0.39, 0.29) is 11.6 Å². The van der Waals surface area contributed by atoms with Crippen molar-refractivity contribution in [3.05, 3.63) is 47.2 Å². The van der Waals surface area contributed by atoms with Crippen LogP contribution in [-0.2, 0) is 4.79 Å². The molecular formula is C15H20O2Si. The maximum Gasteiger partial charge on any atom is 0.185 e. The third kappa shape index (κ3) is 3.77. The summed E-state index contributed by atoms with van der Waals surface area (Å²) in [5, 5.41) is 0.709. The first-order valence-corrected chi connectivity index (χ1v) is 9.71. The van der Waals surface area contributed by atoms with Gasteiger partial charge < -0.3 is 0 Å². The van der Waals surface area contributed by atoms with Crippen LogP contribution in [0.1, 0.15) is 23.7 Å². The van der Waals surface area contributed by atoms with Crippen LogP contribution in [0.4, 0.5) is 0 Å². The number of carbonyl (C=O) groups is 2. The van der Waals surface area contributed by atoms with E-state index in [1.54, 1.807) is 18.2 Å². The standard InChI is InChI=1S/C15H20O2Si/c1-5-13(16)11-14(18(2,3)4)15(17)12-9-7-6-8-10-12/h6-11H,5H2,1-4H3/b14-11-. The van der Waals surface area contributed by atoms with Crippen molar-refractivity contribution in [1.29, 1.82) is 0 Å². The summed E-state index contributed by atoms with van der Waals surface area (Å²) in [6.45, 7) is 8.07. The van der Waals surface area contributed by atoms with Crippen LogP contribution in [-0.4, -0.2) is 19.6 Å². The van der Waals surface area contributed by atoms with E-state index in [1.807, 2.05) is 25.1 Å². The smallest absolute Gasteiger partial charge is 0.185 e. The highest BCUT2D eigenvalue weighted by Crippen LogP contribution is 2.20. The molecule has 0 fully saturated rings. The fourth-order valence-electron chi connectivity index (χ4n) is 1.63. The van der Waals surface area contributed by atoms with Crippen molar-refractivity contribution in [3.63, 3.8) is 0 Å². The Bertz CT molecular complexity index is 467. The Morgan fingerprint density at radius 2 is 1.67 bits per heavy atom. The third-order valence-corrected chi connectivity index (χ3v) is 4.73. The van der Waals surface area contributed by atoms with E-state index in [0.29, 0.717) is 17.2 Å². The molecule has 18 heavy (non-hydrogen) atoms. The lowest BCUT2D eigenvalue weighted by Crippen LogP contribution is -2.30. The maximum absolute atomic E-state index is 12.5. The molecule has 0 heterocycles. The second-order valence-electron chi connectivity index (χ2n) is 5.32. The molecule has 1 aromatic carbocycles. The van der Waals surface area contributed by atoms with Gasteiger partial charge in [-0.25, -0.2) is 0 Å². The first-order valence-electron chi connectivity index (χ1n) is 6.21. The maximum atomic E-state index is 12.5. The highest BCUT2D eigenvalue weighted by molar-refractivity contribution is 6.88. The molecule has 96 valence electrons. The quantitative estimate of drug-likeness (QED) is 0.460. The average Bonchev–Trinajstić information content (AvgIpc) is 2.34. The lowest BCUT2D eigenvalue weighted by Gasteiger charge is -2.19. The summed E-state index contributed by atoms with van der Waals surface area (Å²) in [5.74, 6) is 0.0215. The van der Waals surface area contributed by atoms with Gasteiger partial charge in [0.1, 0.15) is 0 Å². The lowest BCUT2D eigenvalue weighted by atomic mass is 10.1. The summed E-state index contributed by atoms with van der Waals surface area (Å²) in [6, 6.07) is 9.17. The summed E-state index contributed by atoms with van der Waals surface area (Å²) < 4.78 is 0. The van der Waals surface area contributed by atoms with E-state index in [9.17, 15) is 9.59 Å². The zero-order valence-electron chi connectivity index (χ0n) is 11.5. The van der Waals surface area contributed by atoms with Gasteiger partial charge in [0.25, 0.3) is 0 Å². The molecule has 0 aliphatic carbocycles. The predicted molar refractivity (Wildman–Crippen MR) is 77.5 cm³/mol. The van der Waals surface area contributed by atoms with Gasteiger partial charge in [0, 0.05) is 12.0 Å². The van der Waals surface area contributed by atoms with Crippen LogP contribution in [0.25, 0.3) is 0 Å². The molecule has 1 aromatic rings. The van der Waals surface area contributed by atoms with Crippen molar-refractivity contribution in [3.8, 4) is 0 Å². The molecule has 0 unspecified atom stereocenters. The minimum Gasteiger partial charge on any atom is -0.295 e. The number of benzene rings is 1. The monoisotopic (exact) mass is 260 g/mol. The van der Waals surface area contributed by atoms with Crippen LogP contribution < -0.4 is 0 Å². The molecule has 0 atom stereocenters. The van der Waals surface area contributed by atoms with Crippen LogP contribution in [0.3, 0.4) is 0 Å². The summed E-state index contributed by atoms with van der Waals surface area (Å²) in [7, 11) is -1.82.